The summed E-state index contributed by atoms with van der Waals surface area (Å²) in [5, 5.41) is 10.1. The second kappa shape index (κ2) is 5.82. The van der Waals surface area contributed by atoms with Gasteiger partial charge in [0.1, 0.15) is 12.9 Å². The average Bonchev–Trinajstić information content (AvgIpc) is 2.10. The van der Waals surface area contributed by atoms with E-state index in [4.69, 9.17) is 0 Å². The fourth-order valence-corrected chi connectivity index (χ4v) is 0.346. The van der Waals surface area contributed by atoms with E-state index in [1.54, 1.807) is 0 Å². The first kappa shape index (κ1) is 11.2. The first-order chi connectivity index (χ1) is 6.07. The Kier molecular flexibility index (Phi) is 5.02. The lowest BCUT2D eigenvalue weighted by atomic mass is 10.4. The molecule has 0 aliphatic heterocycles. The van der Waals surface area contributed by atoms with Crippen molar-refractivity contribution < 1.29 is 24.2 Å². The summed E-state index contributed by atoms with van der Waals surface area (Å²) in [7, 11) is 0. The zero-order valence-electron chi connectivity index (χ0n) is 7.11. The van der Waals surface area contributed by atoms with Crippen LogP contribution in [0.5, 0.6) is 0 Å². The monoisotopic (exact) mass is 185 g/mol. The Morgan fingerprint density at radius 2 is 2.08 bits per heavy atom. The summed E-state index contributed by atoms with van der Waals surface area (Å²) >= 11 is 0. The van der Waals surface area contributed by atoms with Crippen LogP contribution in [0.15, 0.2) is 24.5 Å². The average molecular weight is 185 g/mol. The van der Waals surface area contributed by atoms with Gasteiger partial charge in [0.05, 0.1) is 5.57 Å². The van der Waals surface area contributed by atoms with Crippen LogP contribution < -0.4 is 0 Å². The van der Waals surface area contributed by atoms with Crippen molar-refractivity contribution in [3.05, 3.63) is 24.5 Å². The highest BCUT2D eigenvalue weighted by Crippen LogP contribution is 1.95. The minimum atomic E-state index is -1.41. The molecule has 0 fully saturated rings. The van der Waals surface area contributed by atoms with Crippen molar-refractivity contribution in [2.45, 2.75) is 6.92 Å². The summed E-state index contributed by atoms with van der Waals surface area (Å²) in [5.41, 5.74) is -0.199. The minimum Gasteiger partial charge on any atom is -0.430 e. The molecule has 0 amide bonds. The van der Waals surface area contributed by atoms with Gasteiger partial charge in [-0.1, -0.05) is 12.7 Å². The molecule has 0 aromatic carbocycles. The van der Waals surface area contributed by atoms with Crippen LogP contribution in [0, 0.1) is 0 Å². The maximum atomic E-state index is 10.6. The smallest absolute Gasteiger partial charge is 0.430 e. The van der Waals surface area contributed by atoms with E-state index < -0.39 is 12.1 Å². The van der Waals surface area contributed by atoms with E-state index in [-0.39, 0.29) is 12.2 Å². The molecule has 0 saturated heterocycles. The Labute approximate surface area is 75.3 Å². The highest BCUT2D eigenvalue weighted by Gasteiger charge is 2.05. The lowest BCUT2D eigenvalue weighted by molar-refractivity contribution is -0.138. The molecule has 0 heterocycles. The summed E-state index contributed by atoms with van der Waals surface area (Å²) in [6.07, 6.45) is 1.12. The molecular formula is C8H9O5. The largest absolute Gasteiger partial charge is 0.513 e. The van der Waals surface area contributed by atoms with Gasteiger partial charge in [-0.25, -0.2) is 14.7 Å². The van der Waals surface area contributed by atoms with Crippen LogP contribution in [0.1, 0.15) is 6.92 Å². The molecule has 1 radical (unpaired) electrons. The van der Waals surface area contributed by atoms with Gasteiger partial charge in [0.25, 0.3) is 0 Å². The van der Waals surface area contributed by atoms with Gasteiger partial charge in [0.15, 0.2) is 0 Å². The van der Waals surface area contributed by atoms with E-state index in [9.17, 15) is 14.7 Å². The van der Waals surface area contributed by atoms with E-state index in [1.165, 1.54) is 13.0 Å². The molecule has 0 rings (SSSR count). The molecule has 5 heteroatoms. The van der Waals surface area contributed by atoms with E-state index in [1.807, 2.05) is 0 Å². The molecule has 0 N–H and O–H groups in total. The third-order valence-electron chi connectivity index (χ3n) is 0.973. The predicted molar refractivity (Wildman–Crippen MR) is 42.1 cm³/mol. The Morgan fingerprint density at radius 1 is 1.46 bits per heavy atom. The first-order valence-electron chi connectivity index (χ1n) is 3.40. The van der Waals surface area contributed by atoms with Crippen molar-refractivity contribution >= 4 is 12.1 Å². The molecule has 0 saturated carbocycles. The van der Waals surface area contributed by atoms with Gasteiger partial charge in [0, 0.05) is 0 Å². The quantitative estimate of drug-likeness (QED) is 0.285. The van der Waals surface area contributed by atoms with E-state index in [0.29, 0.717) is 0 Å². The fourth-order valence-electron chi connectivity index (χ4n) is 0.346. The first-order valence-corrected chi connectivity index (χ1v) is 3.40. The number of carbonyl (C=O) groups excluding carboxylic acids is 2. The van der Waals surface area contributed by atoms with Crippen LogP contribution in [-0.4, -0.2) is 18.7 Å². The van der Waals surface area contributed by atoms with E-state index in [2.05, 4.69) is 16.1 Å². The van der Waals surface area contributed by atoms with Crippen molar-refractivity contribution in [3.63, 3.8) is 0 Å². The Balaban J connectivity index is 3.87. The second-order valence-corrected chi connectivity index (χ2v) is 2.06. The van der Waals surface area contributed by atoms with Crippen molar-refractivity contribution in [2.75, 3.05) is 6.61 Å². The van der Waals surface area contributed by atoms with Gasteiger partial charge in [-0.3, -0.25) is 0 Å². The Bertz CT molecular complexity index is 241. The highest BCUT2D eigenvalue weighted by molar-refractivity contribution is 5.85. The SMILES string of the molecule is C=CCOC(=O)OC=C(C)C([O])=O. The van der Waals surface area contributed by atoms with Crippen molar-refractivity contribution in [2.24, 2.45) is 0 Å². The standard InChI is InChI=1S/C8H9O5/c1-3-4-12-8(11)13-5-6(2)7(9)10/h3,5H,1,4H2,2H3. The van der Waals surface area contributed by atoms with Crippen LogP contribution in [-0.2, 0) is 19.4 Å². The van der Waals surface area contributed by atoms with Gasteiger partial charge in [-0.2, -0.15) is 0 Å². The number of hydrogen-bond donors (Lipinski definition) is 0. The predicted octanol–water partition coefficient (Wildman–Crippen LogP) is 1.19. The second-order valence-electron chi connectivity index (χ2n) is 2.06. The van der Waals surface area contributed by atoms with E-state index >= 15 is 0 Å². The lowest BCUT2D eigenvalue weighted by Crippen LogP contribution is -2.05. The maximum absolute atomic E-state index is 10.6. The fraction of sp³-hybridized carbons (Fsp3) is 0.250. The lowest BCUT2D eigenvalue weighted by Gasteiger charge is -1.98. The molecule has 0 aromatic heterocycles. The molecule has 5 nitrogen and oxygen atoms in total. The van der Waals surface area contributed by atoms with Gasteiger partial charge in [-0.15, -0.1) is 0 Å². The zero-order valence-corrected chi connectivity index (χ0v) is 7.11. The summed E-state index contributed by atoms with van der Waals surface area (Å²) in [5.74, 6) is -1.41. The number of ether oxygens (including phenoxy) is 2. The van der Waals surface area contributed by atoms with Gasteiger partial charge < -0.3 is 9.47 Å². The van der Waals surface area contributed by atoms with Crippen LogP contribution in [0.4, 0.5) is 4.79 Å². The van der Waals surface area contributed by atoms with Crippen molar-refractivity contribution in [3.8, 4) is 0 Å². The topological polar surface area (TPSA) is 72.5 Å². The van der Waals surface area contributed by atoms with Crippen LogP contribution in [0.25, 0.3) is 0 Å². The summed E-state index contributed by atoms with van der Waals surface area (Å²) in [6, 6.07) is 0. The zero-order chi connectivity index (χ0) is 10.3. The molecule has 0 bridgehead atoms. The van der Waals surface area contributed by atoms with Crippen molar-refractivity contribution in [1.29, 1.82) is 0 Å². The number of rotatable bonds is 4. The third kappa shape index (κ3) is 5.49. The van der Waals surface area contributed by atoms with Crippen molar-refractivity contribution in [1.82, 2.24) is 0 Å². The molecule has 71 valence electrons. The number of carbonyl (C=O) groups is 2. The molecule has 0 aliphatic rings. The van der Waals surface area contributed by atoms with E-state index in [0.717, 1.165) is 6.26 Å². The third-order valence-corrected chi connectivity index (χ3v) is 0.973. The summed E-state index contributed by atoms with van der Waals surface area (Å²) in [4.78, 5) is 20.7. The molecule has 0 atom stereocenters. The van der Waals surface area contributed by atoms with Gasteiger partial charge in [-0.05, 0) is 6.92 Å². The van der Waals surface area contributed by atoms with Crippen LogP contribution in [0.2, 0.25) is 0 Å². The summed E-state index contributed by atoms with van der Waals surface area (Å²) < 4.78 is 8.66. The minimum absolute atomic E-state index is 0.0110. The molecule has 0 unspecified atom stereocenters. The Hall–Kier alpha value is -1.78. The molecular weight excluding hydrogens is 176 g/mol. The van der Waals surface area contributed by atoms with Gasteiger partial charge in [0.2, 0.25) is 0 Å². The van der Waals surface area contributed by atoms with Gasteiger partial charge >= 0.3 is 12.1 Å². The van der Waals surface area contributed by atoms with Crippen LogP contribution >= 0.6 is 0 Å². The maximum Gasteiger partial charge on any atom is 0.513 e. The molecule has 13 heavy (non-hydrogen) atoms. The molecule has 0 aliphatic carbocycles. The highest BCUT2D eigenvalue weighted by atomic mass is 16.7. The molecule has 0 aromatic rings. The molecule has 0 spiro atoms. The normalized spacial score (nSPS) is 10.4. The Morgan fingerprint density at radius 3 is 2.54 bits per heavy atom. The summed E-state index contributed by atoms with van der Waals surface area (Å²) in [6.45, 7) is 4.55. The number of hydrogen-bond acceptors (Lipinski definition) is 4. The van der Waals surface area contributed by atoms with Crippen LogP contribution in [0.3, 0.4) is 0 Å².